The maximum Gasteiger partial charge on any atom is 0.246 e. The lowest BCUT2D eigenvalue weighted by Crippen LogP contribution is -2.63. The van der Waals surface area contributed by atoms with E-state index in [-0.39, 0.29) is 18.4 Å². The summed E-state index contributed by atoms with van der Waals surface area (Å²) in [4.78, 5) is 37.1. The number of methoxy groups -OCH3 is 2. The summed E-state index contributed by atoms with van der Waals surface area (Å²) < 4.78 is 16.8. The van der Waals surface area contributed by atoms with Crippen molar-refractivity contribution in [1.82, 2.24) is 19.7 Å². The van der Waals surface area contributed by atoms with Crippen LogP contribution in [0, 0.1) is 0 Å². The van der Waals surface area contributed by atoms with E-state index in [9.17, 15) is 9.59 Å². The van der Waals surface area contributed by atoms with Crippen LogP contribution in [0.25, 0.3) is 10.9 Å². The molecule has 37 heavy (non-hydrogen) atoms. The number of carbonyl (C=O) groups is 2. The molecule has 0 radical (unpaired) electrons. The first kappa shape index (κ1) is 23.8. The van der Waals surface area contributed by atoms with Gasteiger partial charge >= 0.3 is 0 Å². The summed E-state index contributed by atoms with van der Waals surface area (Å²) in [5.41, 5.74) is 3.78. The number of hydrogen-bond acceptors (Lipinski definition) is 6. The van der Waals surface area contributed by atoms with Gasteiger partial charge in [-0.2, -0.15) is 0 Å². The van der Waals surface area contributed by atoms with Gasteiger partial charge in [0.15, 0.2) is 11.5 Å². The molecule has 2 saturated heterocycles. The van der Waals surface area contributed by atoms with Gasteiger partial charge in [-0.15, -0.1) is 0 Å². The zero-order valence-corrected chi connectivity index (χ0v) is 21.2. The fourth-order valence-corrected chi connectivity index (χ4v) is 6.05. The molecule has 2 fully saturated rings. The van der Waals surface area contributed by atoms with Crippen molar-refractivity contribution in [1.29, 1.82) is 0 Å². The number of ether oxygens (including phenoxy) is 3. The van der Waals surface area contributed by atoms with E-state index in [1.807, 2.05) is 36.4 Å². The van der Waals surface area contributed by atoms with Gasteiger partial charge in [0.25, 0.3) is 0 Å². The highest BCUT2D eigenvalue weighted by atomic mass is 16.5. The Kier molecular flexibility index (Phi) is 6.26. The number of carbonyl (C=O) groups excluding carboxylic acids is 2. The van der Waals surface area contributed by atoms with Gasteiger partial charge in [0.05, 0.1) is 34.0 Å². The van der Waals surface area contributed by atoms with Crippen LogP contribution in [0.2, 0.25) is 0 Å². The molecule has 9 nitrogen and oxygen atoms in total. The molecule has 1 aromatic heterocycles. The first-order valence-corrected chi connectivity index (χ1v) is 12.8. The first-order chi connectivity index (χ1) is 18.1. The lowest BCUT2D eigenvalue weighted by molar-refractivity contribution is -0.159. The number of fused-ring (bicyclic) bond motifs is 4. The summed E-state index contributed by atoms with van der Waals surface area (Å²) >= 11 is 0. The highest BCUT2D eigenvalue weighted by molar-refractivity contribution is 5.97. The topological polar surface area (TPSA) is 87.3 Å². The summed E-state index contributed by atoms with van der Waals surface area (Å²) in [5, 5.41) is 1.08. The molecule has 0 bridgehead atoms. The van der Waals surface area contributed by atoms with Crippen molar-refractivity contribution in [2.75, 3.05) is 60.2 Å². The number of nitrogens with zero attached hydrogens (tertiary/aromatic N) is 3. The third-order valence-corrected chi connectivity index (χ3v) is 7.86. The largest absolute Gasteiger partial charge is 0.493 e. The summed E-state index contributed by atoms with van der Waals surface area (Å²) in [6.07, 6.45) is 0.473. The molecular formula is C28H32N4O5. The molecule has 1 unspecified atom stereocenters. The van der Waals surface area contributed by atoms with Gasteiger partial charge in [0, 0.05) is 54.8 Å². The van der Waals surface area contributed by atoms with Gasteiger partial charge in [0.1, 0.15) is 12.1 Å². The number of aromatic nitrogens is 1. The SMILES string of the molecule is COc1cccc(C2c3[nH]c4ccccc4c3C[C@H]3C(=O)N(CCN4CCOCC4)CC(=O)N23)c1OC. The maximum atomic E-state index is 13.9. The summed E-state index contributed by atoms with van der Waals surface area (Å²) in [7, 11) is 3.20. The standard InChI is InChI=1S/C28H32N4O5/c1-35-23-9-5-7-19(27(23)36-2)26-25-20(18-6-3-4-8-21(18)29-25)16-22-28(34)31(17-24(33)32(22)26)11-10-30-12-14-37-15-13-30/h3-9,22,26,29H,10-17H2,1-2H3/t22-,26?/m0/s1. The second-order valence-electron chi connectivity index (χ2n) is 9.78. The molecule has 0 spiro atoms. The van der Waals surface area contributed by atoms with E-state index < -0.39 is 12.1 Å². The predicted octanol–water partition coefficient (Wildman–Crippen LogP) is 2.20. The van der Waals surface area contributed by atoms with Gasteiger partial charge in [-0.25, -0.2) is 0 Å². The van der Waals surface area contributed by atoms with Gasteiger partial charge in [0.2, 0.25) is 11.8 Å². The zero-order valence-electron chi connectivity index (χ0n) is 21.2. The van der Waals surface area contributed by atoms with Crippen molar-refractivity contribution in [3.63, 3.8) is 0 Å². The Hall–Kier alpha value is -3.56. The van der Waals surface area contributed by atoms with Crippen LogP contribution < -0.4 is 9.47 Å². The average Bonchev–Trinajstić information content (AvgIpc) is 3.31. The van der Waals surface area contributed by atoms with Crippen molar-refractivity contribution in [3.05, 3.63) is 59.3 Å². The van der Waals surface area contributed by atoms with Crippen LogP contribution in [0.15, 0.2) is 42.5 Å². The smallest absolute Gasteiger partial charge is 0.246 e. The van der Waals surface area contributed by atoms with Gasteiger partial charge in [-0.1, -0.05) is 30.3 Å². The van der Waals surface area contributed by atoms with E-state index in [0.29, 0.717) is 37.7 Å². The monoisotopic (exact) mass is 504 g/mol. The number of para-hydroxylation sites is 2. The van der Waals surface area contributed by atoms with Crippen LogP contribution in [0.5, 0.6) is 11.5 Å². The van der Waals surface area contributed by atoms with Crippen molar-refractivity contribution >= 4 is 22.7 Å². The van der Waals surface area contributed by atoms with E-state index in [1.54, 1.807) is 24.0 Å². The number of morpholine rings is 1. The fraction of sp³-hybridized carbons (Fsp3) is 0.429. The van der Waals surface area contributed by atoms with Crippen molar-refractivity contribution < 1.29 is 23.8 Å². The number of rotatable bonds is 6. The molecule has 9 heteroatoms. The Morgan fingerprint density at radius 3 is 2.59 bits per heavy atom. The highest BCUT2D eigenvalue weighted by Crippen LogP contribution is 2.46. The molecule has 1 N–H and O–H groups in total. The van der Waals surface area contributed by atoms with E-state index in [4.69, 9.17) is 14.2 Å². The molecule has 2 atom stereocenters. The Morgan fingerprint density at radius 2 is 1.81 bits per heavy atom. The first-order valence-electron chi connectivity index (χ1n) is 12.8. The third kappa shape index (κ3) is 4.02. The van der Waals surface area contributed by atoms with Crippen LogP contribution in [-0.2, 0) is 20.7 Å². The molecule has 2 aromatic carbocycles. The van der Waals surface area contributed by atoms with Crippen LogP contribution in [-0.4, -0.2) is 97.7 Å². The quantitative estimate of drug-likeness (QED) is 0.554. The van der Waals surface area contributed by atoms with Gasteiger partial charge in [-0.3, -0.25) is 14.5 Å². The highest BCUT2D eigenvalue weighted by Gasteiger charge is 2.49. The Labute approximate surface area is 215 Å². The van der Waals surface area contributed by atoms with Crippen molar-refractivity contribution in [2.45, 2.75) is 18.5 Å². The van der Waals surface area contributed by atoms with Crippen LogP contribution in [0.1, 0.15) is 22.9 Å². The van der Waals surface area contributed by atoms with Crippen LogP contribution in [0.3, 0.4) is 0 Å². The Morgan fingerprint density at radius 1 is 1.00 bits per heavy atom. The van der Waals surface area contributed by atoms with Gasteiger partial charge < -0.3 is 29.0 Å². The number of benzene rings is 2. The number of H-pyrrole nitrogens is 1. The molecule has 3 aliphatic rings. The van der Waals surface area contributed by atoms with Crippen LogP contribution in [0.4, 0.5) is 0 Å². The van der Waals surface area contributed by atoms with E-state index in [1.165, 1.54) is 0 Å². The van der Waals surface area contributed by atoms with Crippen LogP contribution >= 0.6 is 0 Å². The second-order valence-corrected chi connectivity index (χ2v) is 9.78. The minimum Gasteiger partial charge on any atom is -0.493 e. The number of amides is 2. The molecule has 0 aliphatic carbocycles. The second kappa shape index (κ2) is 9.72. The molecule has 0 saturated carbocycles. The number of hydrogen-bond donors (Lipinski definition) is 1. The molecule has 2 amide bonds. The summed E-state index contributed by atoms with van der Waals surface area (Å²) in [6, 6.07) is 12.7. The molecule has 3 aromatic rings. The average molecular weight is 505 g/mol. The zero-order chi connectivity index (χ0) is 25.5. The van der Waals surface area contributed by atoms with Crippen molar-refractivity contribution in [2.24, 2.45) is 0 Å². The maximum absolute atomic E-state index is 13.9. The van der Waals surface area contributed by atoms with Crippen molar-refractivity contribution in [3.8, 4) is 11.5 Å². The molecule has 4 heterocycles. The molecule has 3 aliphatic heterocycles. The molecule has 6 rings (SSSR count). The normalized spacial score (nSPS) is 22.2. The molecule has 194 valence electrons. The summed E-state index contributed by atoms with van der Waals surface area (Å²) in [5.74, 6) is 1.08. The molecular weight excluding hydrogens is 472 g/mol. The third-order valence-electron chi connectivity index (χ3n) is 7.86. The fourth-order valence-electron chi connectivity index (χ4n) is 6.05. The van der Waals surface area contributed by atoms with E-state index in [0.717, 1.165) is 47.4 Å². The Bertz CT molecular complexity index is 1330. The lowest BCUT2D eigenvalue weighted by atomic mass is 9.85. The minimum atomic E-state index is -0.585. The van der Waals surface area contributed by atoms with Gasteiger partial charge in [-0.05, 0) is 17.7 Å². The predicted molar refractivity (Wildman–Crippen MR) is 138 cm³/mol. The summed E-state index contributed by atoms with van der Waals surface area (Å²) in [6.45, 7) is 4.44. The number of aromatic amines is 1. The van der Waals surface area contributed by atoms with E-state index in [2.05, 4.69) is 16.0 Å². The lowest BCUT2D eigenvalue weighted by Gasteiger charge is -2.47. The van der Waals surface area contributed by atoms with E-state index >= 15 is 0 Å². The number of piperazine rings is 1. The minimum absolute atomic E-state index is 0.00402. The Balaban J connectivity index is 1.42. The number of nitrogens with one attached hydrogen (secondary N) is 1.